The first-order valence-electron chi connectivity index (χ1n) is 4.94. The molecule has 0 amide bonds. The summed E-state index contributed by atoms with van der Waals surface area (Å²) in [5.74, 6) is 0. The molecule has 0 spiro atoms. The molecular weight excluding hydrogens is 292 g/mol. The van der Waals surface area contributed by atoms with Gasteiger partial charge in [-0.2, -0.15) is 0 Å². The lowest BCUT2D eigenvalue weighted by Crippen LogP contribution is -2.32. The van der Waals surface area contributed by atoms with Gasteiger partial charge < -0.3 is 5.73 Å². The van der Waals surface area contributed by atoms with Gasteiger partial charge in [-0.05, 0) is 47.5 Å². The summed E-state index contributed by atoms with van der Waals surface area (Å²) in [6, 6.07) is 4.50. The van der Waals surface area contributed by atoms with Crippen LogP contribution in [-0.4, -0.2) is 14.5 Å². The Morgan fingerprint density at radius 2 is 2.12 bits per heavy atom. The van der Waals surface area contributed by atoms with Crippen molar-refractivity contribution in [3.05, 3.63) is 22.7 Å². The molecule has 0 aliphatic rings. The predicted molar refractivity (Wildman–Crippen MR) is 68.6 cm³/mol. The Balaban J connectivity index is 3.03. The van der Waals surface area contributed by atoms with Crippen LogP contribution in [0.1, 0.15) is 20.3 Å². The number of benzene rings is 1. The Morgan fingerprint density at radius 3 is 2.62 bits per heavy atom. The summed E-state index contributed by atoms with van der Waals surface area (Å²) in [7, 11) is -3.46. The summed E-state index contributed by atoms with van der Waals surface area (Å²) >= 11 is 3.22. The normalized spacial score (nSPS) is 13.7. The minimum atomic E-state index is -3.46. The average Bonchev–Trinajstić information content (AvgIpc) is 2.21. The molecule has 1 atom stereocenters. The number of halogens is 1. The smallest absolute Gasteiger partial charge is 0.240 e. The summed E-state index contributed by atoms with van der Waals surface area (Å²) in [5, 5.41) is 0. The average molecular weight is 307 g/mol. The quantitative estimate of drug-likeness (QED) is 0.837. The number of nitrogens with two attached hydrogens (primary N) is 1. The molecule has 0 aromatic heterocycles. The first kappa shape index (κ1) is 13.5. The highest BCUT2D eigenvalue weighted by atomic mass is 79.9. The zero-order valence-electron chi connectivity index (χ0n) is 9.20. The number of nitrogens with one attached hydrogen (secondary N) is 1. The first-order chi connectivity index (χ1) is 7.36. The van der Waals surface area contributed by atoms with Crippen LogP contribution in [0, 0.1) is 0 Å². The number of hydrogen-bond donors (Lipinski definition) is 2. The zero-order valence-corrected chi connectivity index (χ0v) is 11.6. The molecule has 0 aliphatic heterocycles. The van der Waals surface area contributed by atoms with E-state index in [1.54, 1.807) is 6.07 Å². The second-order valence-corrected chi connectivity index (χ2v) is 6.18. The van der Waals surface area contributed by atoms with E-state index >= 15 is 0 Å². The number of nitrogen functional groups attached to an aromatic ring is 1. The Kier molecular flexibility index (Phi) is 4.35. The van der Waals surface area contributed by atoms with Gasteiger partial charge in [0, 0.05) is 16.2 Å². The maximum absolute atomic E-state index is 11.9. The fourth-order valence-electron chi connectivity index (χ4n) is 1.11. The third-order valence-electron chi connectivity index (χ3n) is 2.25. The van der Waals surface area contributed by atoms with Gasteiger partial charge in [-0.1, -0.05) is 6.92 Å². The van der Waals surface area contributed by atoms with Gasteiger partial charge in [0.05, 0.1) is 4.90 Å². The Morgan fingerprint density at radius 1 is 1.50 bits per heavy atom. The predicted octanol–water partition coefficient (Wildman–Crippen LogP) is 2.11. The van der Waals surface area contributed by atoms with E-state index in [-0.39, 0.29) is 10.9 Å². The molecule has 6 heteroatoms. The van der Waals surface area contributed by atoms with Crippen molar-refractivity contribution in [3.8, 4) is 0 Å². The molecule has 1 unspecified atom stereocenters. The molecule has 0 aliphatic carbocycles. The van der Waals surface area contributed by atoms with Crippen LogP contribution in [0.15, 0.2) is 27.6 Å². The van der Waals surface area contributed by atoms with Crippen LogP contribution in [0.5, 0.6) is 0 Å². The van der Waals surface area contributed by atoms with Gasteiger partial charge in [0.2, 0.25) is 10.0 Å². The highest BCUT2D eigenvalue weighted by molar-refractivity contribution is 9.10. The molecule has 0 heterocycles. The maximum atomic E-state index is 11.9. The first-order valence-corrected chi connectivity index (χ1v) is 7.21. The molecule has 0 saturated carbocycles. The molecule has 3 N–H and O–H groups in total. The van der Waals surface area contributed by atoms with Crippen molar-refractivity contribution < 1.29 is 8.42 Å². The van der Waals surface area contributed by atoms with E-state index in [2.05, 4.69) is 20.7 Å². The molecule has 90 valence electrons. The van der Waals surface area contributed by atoms with Crippen LogP contribution < -0.4 is 10.5 Å². The Labute approximate surface area is 104 Å². The van der Waals surface area contributed by atoms with E-state index in [1.807, 2.05) is 13.8 Å². The van der Waals surface area contributed by atoms with Gasteiger partial charge in [0.15, 0.2) is 0 Å². The van der Waals surface area contributed by atoms with Crippen LogP contribution in [0.3, 0.4) is 0 Å². The minimum Gasteiger partial charge on any atom is -0.398 e. The fourth-order valence-corrected chi connectivity index (χ4v) is 2.71. The van der Waals surface area contributed by atoms with E-state index in [0.717, 1.165) is 6.42 Å². The summed E-state index contributed by atoms with van der Waals surface area (Å²) < 4.78 is 27.0. The van der Waals surface area contributed by atoms with Crippen LogP contribution in [0.4, 0.5) is 5.69 Å². The summed E-state index contributed by atoms with van der Waals surface area (Å²) in [4.78, 5) is 0.188. The summed E-state index contributed by atoms with van der Waals surface area (Å²) in [6.45, 7) is 3.74. The van der Waals surface area contributed by atoms with Crippen molar-refractivity contribution >= 4 is 31.6 Å². The third-order valence-corrected chi connectivity index (χ3v) is 4.56. The van der Waals surface area contributed by atoms with E-state index in [9.17, 15) is 8.42 Å². The van der Waals surface area contributed by atoms with Gasteiger partial charge in [-0.3, -0.25) is 0 Å². The molecule has 0 fully saturated rings. The van der Waals surface area contributed by atoms with Crippen molar-refractivity contribution in [2.24, 2.45) is 0 Å². The van der Waals surface area contributed by atoms with Gasteiger partial charge >= 0.3 is 0 Å². The van der Waals surface area contributed by atoms with Crippen molar-refractivity contribution in [1.29, 1.82) is 0 Å². The Bertz CT molecular complexity index is 474. The lowest BCUT2D eigenvalue weighted by molar-refractivity contribution is 0.556. The Hall–Kier alpha value is -0.590. The number of sulfonamides is 1. The monoisotopic (exact) mass is 306 g/mol. The standard InChI is InChI=1S/C10H15BrN2O2S/c1-3-7(2)13-16(14,15)8-4-5-9(11)10(12)6-8/h4-7,13H,3,12H2,1-2H3. The fraction of sp³-hybridized carbons (Fsp3) is 0.400. The lowest BCUT2D eigenvalue weighted by Gasteiger charge is -2.12. The molecule has 1 rings (SSSR count). The van der Waals surface area contributed by atoms with Crippen LogP contribution in [0.2, 0.25) is 0 Å². The van der Waals surface area contributed by atoms with E-state index in [4.69, 9.17) is 5.73 Å². The molecule has 0 saturated heterocycles. The minimum absolute atomic E-state index is 0.0881. The lowest BCUT2D eigenvalue weighted by atomic mass is 10.3. The van der Waals surface area contributed by atoms with Crippen molar-refractivity contribution in [3.63, 3.8) is 0 Å². The topological polar surface area (TPSA) is 72.2 Å². The van der Waals surface area contributed by atoms with E-state index in [0.29, 0.717) is 10.2 Å². The number of anilines is 1. The highest BCUT2D eigenvalue weighted by Gasteiger charge is 2.17. The summed E-state index contributed by atoms with van der Waals surface area (Å²) in [6.07, 6.45) is 0.741. The molecule has 0 radical (unpaired) electrons. The van der Waals surface area contributed by atoms with Crippen molar-refractivity contribution in [1.82, 2.24) is 4.72 Å². The third kappa shape index (κ3) is 3.20. The number of rotatable bonds is 4. The molecule has 0 bridgehead atoms. The molecule has 4 nitrogen and oxygen atoms in total. The van der Waals surface area contributed by atoms with Crippen molar-refractivity contribution in [2.75, 3.05) is 5.73 Å². The van der Waals surface area contributed by atoms with Gasteiger partial charge in [0.1, 0.15) is 0 Å². The van der Waals surface area contributed by atoms with Crippen LogP contribution in [-0.2, 0) is 10.0 Å². The van der Waals surface area contributed by atoms with Gasteiger partial charge in [-0.15, -0.1) is 0 Å². The molecule has 16 heavy (non-hydrogen) atoms. The van der Waals surface area contributed by atoms with Crippen LogP contribution >= 0.6 is 15.9 Å². The molecular formula is C10H15BrN2O2S. The number of hydrogen-bond acceptors (Lipinski definition) is 3. The zero-order chi connectivity index (χ0) is 12.3. The largest absolute Gasteiger partial charge is 0.398 e. The second kappa shape index (κ2) is 5.16. The highest BCUT2D eigenvalue weighted by Crippen LogP contribution is 2.22. The molecule has 1 aromatic carbocycles. The SMILES string of the molecule is CCC(C)NS(=O)(=O)c1ccc(Br)c(N)c1. The second-order valence-electron chi connectivity index (χ2n) is 3.61. The summed E-state index contributed by atoms with van der Waals surface area (Å²) in [5.41, 5.74) is 6.05. The van der Waals surface area contributed by atoms with Crippen LogP contribution in [0.25, 0.3) is 0 Å². The van der Waals surface area contributed by atoms with Gasteiger partial charge in [-0.25, -0.2) is 13.1 Å². The van der Waals surface area contributed by atoms with E-state index < -0.39 is 10.0 Å². The van der Waals surface area contributed by atoms with E-state index in [1.165, 1.54) is 12.1 Å². The van der Waals surface area contributed by atoms with Crippen molar-refractivity contribution in [2.45, 2.75) is 31.2 Å². The maximum Gasteiger partial charge on any atom is 0.240 e. The van der Waals surface area contributed by atoms with Gasteiger partial charge in [0.25, 0.3) is 0 Å². The molecule has 1 aromatic rings.